The van der Waals surface area contributed by atoms with Crippen molar-refractivity contribution in [1.82, 2.24) is 14.8 Å². The summed E-state index contributed by atoms with van der Waals surface area (Å²) >= 11 is 3.37. The Morgan fingerprint density at radius 3 is 2.41 bits per heavy atom. The Bertz CT molecular complexity index is 1110. The maximum Gasteiger partial charge on any atom is 0.258 e. The average molecular weight is 451 g/mol. The molecule has 0 saturated carbocycles. The van der Waals surface area contributed by atoms with Crippen LogP contribution in [0.25, 0.3) is 5.69 Å². The molecule has 0 spiro atoms. The summed E-state index contributed by atoms with van der Waals surface area (Å²) in [6.45, 7) is 0.277. The molecule has 4 aromatic rings. The number of aromatic nitrogens is 3. The number of nitrogens with zero attached hydrogens (tertiary/aromatic N) is 4. The maximum atomic E-state index is 13.4. The minimum absolute atomic E-state index is 0.199. The largest absolute Gasteiger partial charge is 0.302 e. The van der Waals surface area contributed by atoms with Crippen LogP contribution >= 0.6 is 15.9 Å². The van der Waals surface area contributed by atoms with E-state index in [0.29, 0.717) is 11.3 Å². The molecule has 2 heterocycles. The van der Waals surface area contributed by atoms with E-state index >= 15 is 0 Å². The van der Waals surface area contributed by atoms with Crippen LogP contribution in [0.3, 0.4) is 0 Å². The number of rotatable bonds is 5. The van der Waals surface area contributed by atoms with Gasteiger partial charge >= 0.3 is 0 Å². The monoisotopic (exact) mass is 450 g/mol. The van der Waals surface area contributed by atoms with Crippen molar-refractivity contribution in [1.29, 1.82) is 0 Å². The Morgan fingerprint density at radius 1 is 1.03 bits per heavy atom. The molecule has 0 bridgehead atoms. The van der Waals surface area contributed by atoms with E-state index in [-0.39, 0.29) is 18.3 Å². The first-order valence-corrected chi connectivity index (χ1v) is 9.67. The summed E-state index contributed by atoms with van der Waals surface area (Å²) in [4.78, 5) is 19.2. The molecule has 1 amide bonds. The quantitative estimate of drug-likeness (QED) is 0.429. The molecule has 4 rings (SSSR count). The molecule has 0 aliphatic heterocycles. The lowest BCUT2D eigenvalue weighted by Crippen LogP contribution is -2.30. The zero-order valence-electron chi connectivity index (χ0n) is 15.2. The third kappa shape index (κ3) is 4.41. The molecule has 29 heavy (non-hydrogen) atoms. The molecule has 0 aliphatic carbocycles. The highest BCUT2D eigenvalue weighted by atomic mass is 79.9. The summed E-state index contributed by atoms with van der Waals surface area (Å²) in [5, 5.41) is 4.24. The highest BCUT2D eigenvalue weighted by Gasteiger charge is 2.19. The van der Waals surface area contributed by atoms with Gasteiger partial charge in [-0.15, -0.1) is 0 Å². The van der Waals surface area contributed by atoms with Gasteiger partial charge < -0.3 is 4.90 Å². The average Bonchev–Trinajstić information content (AvgIpc) is 3.19. The normalized spacial score (nSPS) is 10.7. The van der Waals surface area contributed by atoms with Crippen LogP contribution in [0.2, 0.25) is 0 Å². The molecule has 144 valence electrons. The van der Waals surface area contributed by atoms with Gasteiger partial charge in [0.05, 0.1) is 28.6 Å². The van der Waals surface area contributed by atoms with Crippen molar-refractivity contribution in [2.24, 2.45) is 0 Å². The number of carbonyl (C=O) groups excluding carboxylic acids is 1. The van der Waals surface area contributed by atoms with Crippen LogP contribution in [0.5, 0.6) is 0 Å². The molecule has 2 aromatic carbocycles. The Labute approximate surface area is 175 Å². The number of benzene rings is 2. The molecule has 0 aliphatic rings. The molecule has 0 unspecified atom stereocenters. The fraction of sp³-hybridized carbons (Fsp3) is 0.0455. The first-order valence-electron chi connectivity index (χ1n) is 8.88. The molecule has 0 atom stereocenters. The van der Waals surface area contributed by atoms with Crippen LogP contribution in [0.15, 0.2) is 89.8 Å². The van der Waals surface area contributed by atoms with E-state index < -0.39 is 0 Å². The highest BCUT2D eigenvalue weighted by molar-refractivity contribution is 9.10. The number of carbonyl (C=O) groups is 1. The molecule has 2 aromatic heterocycles. The summed E-state index contributed by atoms with van der Waals surface area (Å²) in [7, 11) is 0. The van der Waals surface area contributed by atoms with Crippen molar-refractivity contribution in [2.45, 2.75) is 6.54 Å². The Hall–Kier alpha value is -3.32. The van der Waals surface area contributed by atoms with E-state index in [9.17, 15) is 9.18 Å². The third-order valence-corrected chi connectivity index (χ3v) is 4.77. The fourth-order valence-electron chi connectivity index (χ4n) is 2.91. The molecule has 5 nitrogen and oxygen atoms in total. The predicted octanol–water partition coefficient (Wildman–Crippen LogP) is 5.02. The van der Waals surface area contributed by atoms with Crippen molar-refractivity contribution in [3.63, 3.8) is 0 Å². The maximum absolute atomic E-state index is 13.4. The molecular weight excluding hydrogens is 435 g/mol. The van der Waals surface area contributed by atoms with Crippen molar-refractivity contribution >= 4 is 27.5 Å². The number of anilines is 1. The van der Waals surface area contributed by atoms with Crippen LogP contribution in [0.4, 0.5) is 10.1 Å². The van der Waals surface area contributed by atoms with Gasteiger partial charge in [-0.1, -0.05) is 6.07 Å². The van der Waals surface area contributed by atoms with E-state index in [2.05, 4.69) is 26.0 Å². The molecular formula is C22H16BrFN4O. The van der Waals surface area contributed by atoms with Crippen molar-refractivity contribution in [2.75, 3.05) is 4.90 Å². The lowest BCUT2D eigenvalue weighted by Gasteiger charge is -2.23. The van der Waals surface area contributed by atoms with Gasteiger partial charge in [0.15, 0.2) is 0 Å². The minimum atomic E-state index is -0.353. The first kappa shape index (κ1) is 19.0. The topological polar surface area (TPSA) is 51.0 Å². The van der Waals surface area contributed by atoms with Gasteiger partial charge in [0.1, 0.15) is 5.82 Å². The molecule has 0 saturated heterocycles. The van der Waals surface area contributed by atoms with Crippen molar-refractivity contribution in [3.8, 4) is 5.69 Å². The number of pyridine rings is 1. The summed E-state index contributed by atoms with van der Waals surface area (Å²) in [5.41, 5.74) is 2.69. The SMILES string of the molecule is O=C(c1ccc(-n2cc(Br)cn2)cc1)N(Cc1ccccn1)c1ccc(F)cc1. The third-order valence-electron chi connectivity index (χ3n) is 4.36. The number of hydrogen-bond donors (Lipinski definition) is 0. The van der Waals surface area contributed by atoms with Crippen molar-refractivity contribution < 1.29 is 9.18 Å². The molecule has 0 N–H and O–H groups in total. The smallest absolute Gasteiger partial charge is 0.258 e. The molecule has 0 fully saturated rings. The summed E-state index contributed by atoms with van der Waals surface area (Å²) in [6, 6.07) is 18.6. The van der Waals surface area contributed by atoms with E-state index in [0.717, 1.165) is 15.9 Å². The fourth-order valence-corrected chi connectivity index (χ4v) is 3.20. The lowest BCUT2D eigenvalue weighted by molar-refractivity contribution is 0.0985. The van der Waals surface area contributed by atoms with Gasteiger partial charge in [-0.05, 0) is 76.6 Å². The predicted molar refractivity (Wildman–Crippen MR) is 112 cm³/mol. The van der Waals surface area contributed by atoms with Crippen LogP contribution < -0.4 is 4.90 Å². The second-order valence-corrected chi connectivity index (χ2v) is 7.25. The van der Waals surface area contributed by atoms with Gasteiger partial charge in [-0.2, -0.15) is 5.10 Å². The van der Waals surface area contributed by atoms with Gasteiger partial charge in [-0.25, -0.2) is 9.07 Å². The second kappa shape index (κ2) is 8.36. The molecule has 7 heteroatoms. The van der Waals surface area contributed by atoms with Gasteiger partial charge in [0.2, 0.25) is 0 Å². The minimum Gasteiger partial charge on any atom is -0.302 e. The van der Waals surface area contributed by atoms with Gasteiger partial charge in [0.25, 0.3) is 5.91 Å². The number of halogens is 2. The van der Waals surface area contributed by atoms with Gasteiger partial charge in [0, 0.05) is 23.6 Å². The molecule has 0 radical (unpaired) electrons. The van der Waals surface area contributed by atoms with Crippen LogP contribution in [-0.2, 0) is 6.54 Å². The van der Waals surface area contributed by atoms with E-state index in [1.165, 1.54) is 12.1 Å². The Balaban J connectivity index is 1.64. The zero-order valence-corrected chi connectivity index (χ0v) is 16.8. The zero-order chi connectivity index (χ0) is 20.2. The lowest BCUT2D eigenvalue weighted by atomic mass is 10.1. The highest BCUT2D eigenvalue weighted by Crippen LogP contribution is 2.21. The number of hydrogen-bond acceptors (Lipinski definition) is 3. The van der Waals surface area contributed by atoms with Crippen molar-refractivity contribution in [3.05, 3.63) is 107 Å². The Kier molecular flexibility index (Phi) is 5.48. The summed E-state index contributed by atoms with van der Waals surface area (Å²) in [6.07, 6.45) is 5.21. The van der Waals surface area contributed by atoms with Crippen LogP contribution in [0.1, 0.15) is 16.1 Å². The van der Waals surface area contributed by atoms with Crippen LogP contribution in [-0.4, -0.2) is 20.7 Å². The number of amides is 1. The first-order chi connectivity index (χ1) is 14.1. The van der Waals surface area contributed by atoms with E-state index in [4.69, 9.17) is 0 Å². The summed E-state index contributed by atoms with van der Waals surface area (Å²) < 4.78 is 16.0. The van der Waals surface area contributed by atoms with E-state index in [1.54, 1.807) is 46.2 Å². The second-order valence-electron chi connectivity index (χ2n) is 6.34. The van der Waals surface area contributed by atoms with Gasteiger partial charge in [-0.3, -0.25) is 9.78 Å². The Morgan fingerprint density at radius 2 is 1.79 bits per heavy atom. The standard InChI is InChI=1S/C22H16BrFN4O/c23-17-13-26-28(14-17)21-8-4-16(5-9-21)22(29)27(15-19-3-1-2-12-25-19)20-10-6-18(24)7-11-20/h1-14H,15H2. The van der Waals surface area contributed by atoms with Crippen LogP contribution in [0, 0.1) is 5.82 Å². The summed E-state index contributed by atoms with van der Waals surface area (Å²) in [5.74, 6) is -0.552. The van der Waals surface area contributed by atoms with E-state index in [1.807, 2.05) is 36.5 Å².